The average Bonchev–Trinajstić information content (AvgIpc) is 1.82. The van der Waals surface area contributed by atoms with E-state index in [2.05, 4.69) is 18.4 Å². The third-order valence-corrected chi connectivity index (χ3v) is 1.25. The number of hydrogen-bond acceptors (Lipinski definition) is 1. The zero-order chi connectivity index (χ0) is 7.28. The van der Waals surface area contributed by atoms with Crippen molar-refractivity contribution in [2.45, 2.75) is 13.3 Å². The van der Waals surface area contributed by atoms with E-state index in [1.807, 2.05) is 26.2 Å². The van der Waals surface area contributed by atoms with Crippen molar-refractivity contribution >= 4 is 0 Å². The second kappa shape index (κ2) is 4.19. The van der Waals surface area contributed by atoms with Crippen molar-refractivity contribution in [1.82, 2.24) is 4.90 Å². The van der Waals surface area contributed by atoms with Gasteiger partial charge in [0.15, 0.2) is 0 Å². The van der Waals surface area contributed by atoms with Gasteiger partial charge >= 0.3 is 0 Å². The number of allylic oxidation sites excluding steroid dienone is 3. The summed E-state index contributed by atoms with van der Waals surface area (Å²) in [4.78, 5) is 2.10. The lowest BCUT2D eigenvalue weighted by Crippen LogP contribution is -2.09. The monoisotopic (exact) mass is 125 g/mol. The van der Waals surface area contributed by atoms with Crippen LogP contribution in [0.5, 0.6) is 0 Å². The van der Waals surface area contributed by atoms with Crippen LogP contribution in [0.4, 0.5) is 0 Å². The molecular formula is C8H15N. The van der Waals surface area contributed by atoms with E-state index in [9.17, 15) is 0 Å². The Labute approximate surface area is 57.7 Å². The summed E-state index contributed by atoms with van der Waals surface area (Å²) in [6, 6.07) is 0. The molecule has 0 aromatic rings. The molecule has 0 aromatic carbocycles. The van der Waals surface area contributed by atoms with Gasteiger partial charge < -0.3 is 4.90 Å². The second-order valence-electron chi connectivity index (χ2n) is 2.14. The Morgan fingerprint density at radius 1 is 1.56 bits per heavy atom. The van der Waals surface area contributed by atoms with Crippen LogP contribution < -0.4 is 0 Å². The third kappa shape index (κ3) is 2.96. The first-order valence-corrected chi connectivity index (χ1v) is 3.21. The molecule has 0 fully saturated rings. The molecule has 0 atom stereocenters. The maximum atomic E-state index is 3.63. The fourth-order valence-corrected chi connectivity index (χ4v) is 0.719. The first-order valence-electron chi connectivity index (χ1n) is 3.21. The molecule has 0 N–H and O–H groups in total. The Morgan fingerprint density at radius 2 is 2.11 bits per heavy atom. The normalized spacial score (nSPS) is 11.2. The molecule has 0 heterocycles. The van der Waals surface area contributed by atoms with Crippen LogP contribution in [0.1, 0.15) is 13.3 Å². The van der Waals surface area contributed by atoms with Gasteiger partial charge in [-0.05, 0) is 12.5 Å². The lowest BCUT2D eigenvalue weighted by molar-refractivity contribution is 0.494. The Morgan fingerprint density at radius 3 is 2.22 bits per heavy atom. The zero-order valence-electron chi connectivity index (χ0n) is 6.52. The quantitative estimate of drug-likeness (QED) is 0.522. The molecule has 1 heteroatoms. The van der Waals surface area contributed by atoms with Gasteiger partial charge in [-0.25, -0.2) is 0 Å². The molecule has 0 aliphatic carbocycles. The first-order chi connectivity index (χ1) is 4.22. The molecule has 0 unspecified atom stereocenters. The Kier molecular flexibility index (Phi) is 3.85. The predicted octanol–water partition coefficient (Wildman–Crippen LogP) is 2.03. The fourth-order valence-electron chi connectivity index (χ4n) is 0.719. The van der Waals surface area contributed by atoms with Gasteiger partial charge in [0.2, 0.25) is 0 Å². The summed E-state index contributed by atoms with van der Waals surface area (Å²) in [5.41, 5.74) is 1.31. The molecule has 0 radical (unpaired) electrons. The van der Waals surface area contributed by atoms with Crippen molar-refractivity contribution in [3.63, 3.8) is 0 Å². The van der Waals surface area contributed by atoms with Crippen LogP contribution in [0.15, 0.2) is 24.4 Å². The van der Waals surface area contributed by atoms with Gasteiger partial charge in [-0.2, -0.15) is 0 Å². The fraction of sp³-hybridized carbons (Fsp3) is 0.500. The van der Waals surface area contributed by atoms with E-state index < -0.39 is 0 Å². The largest absolute Gasteiger partial charge is 0.381 e. The molecule has 0 aliphatic rings. The summed E-state index contributed by atoms with van der Waals surface area (Å²) in [5, 5.41) is 0. The van der Waals surface area contributed by atoms with Crippen molar-refractivity contribution in [3.8, 4) is 0 Å². The minimum atomic E-state index is 1.07. The van der Waals surface area contributed by atoms with Crippen LogP contribution in [0.3, 0.4) is 0 Å². The summed E-state index contributed by atoms with van der Waals surface area (Å²) in [6.07, 6.45) is 4.91. The molecule has 0 rings (SSSR count). The standard InChI is InChI=1S/C8H15N/c1-5-7-8(6-2)9(3)4/h5,7H,1,6H2,2-4H3/b8-7-. The van der Waals surface area contributed by atoms with Crippen molar-refractivity contribution in [2.24, 2.45) is 0 Å². The zero-order valence-corrected chi connectivity index (χ0v) is 6.52. The lowest BCUT2D eigenvalue weighted by Gasteiger charge is -2.14. The van der Waals surface area contributed by atoms with E-state index in [0.29, 0.717) is 0 Å². The second-order valence-corrected chi connectivity index (χ2v) is 2.14. The Balaban J connectivity index is 3.96. The SMILES string of the molecule is C=C/C=C(/CC)N(C)C. The molecule has 0 amide bonds. The van der Waals surface area contributed by atoms with E-state index in [1.165, 1.54) is 5.70 Å². The molecular weight excluding hydrogens is 110 g/mol. The van der Waals surface area contributed by atoms with Crippen molar-refractivity contribution in [1.29, 1.82) is 0 Å². The van der Waals surface area contributed by atoms with Gasteiger partial charge in [-0.15, -0.1) is 0 Å². The van der Waals surface area contributed by atoms with Gasteiger partial charge in [0, 0.05) is 19.8 Å². The minimum absolute atomic E-state index is 1.07. The molecule has 9 heavy (non-hydrogen) atoms. The van der Waals surface area contributed by atoms with Crippen LogP contribution in [0.25, 0.3) is 0 Å². The van der Waals surface area contributed by atoms with Gasteiger partial charge in [0.05, 0.1) is 0 Å². The Hall–Kier alpha value is -0.720. The van der Waals surface area contributed by atoms with Crippen molar-refractivity contribution < 1.29 is 0 Å². The third-order valence-electron chi connectivity index (χ3n) is 1.25. The lowest BCUT2D eigenvalue weighted by atomic mass is 10.3. The van der Waals surface area contributed by atoms with Gasteiger partial charge in [0.1, 0.15) is 0 Å². The number of hydrogen-bond donors (Lipinski definition) is 0. The summed E-state index contributed by atoms with van der Waals surface area (Å²) in [7, 11) is 4.08. The molecule has 0 aliphatic heterocycles. The van der Waals surface area contributed by atoms with Crippen LogP contribution in [0, 0.1) is 0 Å². The molecule has 1 nitrogen and oxygen atoms in total. The molecule has 52 valence electrons. The highest BCUT2D eigenvalue weighted by atomic mass is 15.1. The smallest absolute Gasteiger partial charge is 0.0124 e. The molecule has 0 aromatic heterocycles. The summed E-state index contributed by atoms with van der Waals surface area (Å²) < 4.78 is 0. The van der Waals surface area contributed by atoms with E-state index in [4.69, 9.17) is 0 Å². The number of nitrogens with zero attached hydrogens (tertiary/aromatic N) is 1. The van der Waals surface area contributed by atoms with Crippen LogP contribution in [0.2, 0.25) is 0 Å². The minimum Gasteiger partial charge on any atom is -0.381 e. The van der Waals surface area contributed by atoms with Gasteiger partial charge in [-0.1, -0.05) is 19.6 Å². The summed E-state index contributed by atoms with van der Waals surface area (Å²) >= 11 is 0. The predicted molar refractivity (Wildman–Crippen MR) is 42.3 cm³/mol. The number of rotatable bonds is 3. The highest BCUT2D eigenvalue weighted by Gasteiger charge is 1.91. The van der Waals surface area contributed by atoms with E-state index in [-0.39, 0.29) is 0 Å². The van der Waals surface area contributed by atoms with E-state index in [0.717, 1.165) is 6.42 Å². The summed E-state index contributed by atoms with van der Waals surface area (Å²) in [5.74, 6) is 0. The van der Waals surface area contributed by atoms with E-state index >= 15 is 0 Å². The van der Waals surface area contributed by atoms with Crippen LogP contribution >= 0.6 is 0 Å². The highest BCUT2D eigenvalue weighted by Crippen LogP contribution is 2.02. The molecule has 0 saturated carbocycles. The summed E-state index contributed by atoms with van der Waals surface area (Å²) in [6.45, 7) is 5.76. The maximum Gasteiger partial charge on any atom is 0.0124 e. The van der Waals surface area contributed by atoms with Crippen molar-refractivity contribution in [2.75, 3.05) is 14.1 Å². The van der Waals surface area contributed by atoms with Crippen LogP contribution in [-0.2, 0) is 0 Å². The topological polar surface area (TPSA) is 3.24 Å². The maximum absolute atomic E-state index is 3.63. The molecule has 0 saturated heterocycles. The van der Waals surface area contributed by atoms with E-state index in [1.54, 1.807) is 0 Å². The van der Waals surface area contributed by atoms with Crippen LogP contribution in [-0.4, -0.2) is 19.0 Å². The Bertz CT molecular complexity index is 112. The van der Waals surface area contributed by atoms with Gasteiger partial charge in [0.25, 0.3) is 0 Å². The van der Waals surface area contributed by atoms with Gasteiger partial charge in [-0.3, -0.25) is 0 Å². The first kappa shape index (κ1) is 8.28. The molecule has 0 spiro atoms. The highest BCUT2D eigenvalue weighted by molar-refractivity contribution is 5.07. The molecule has 0 bridgehead atoms. The van der Waals surface area contributed by atoms with Crippen molar-refractivity contribution in [3.05, 3.63) is 24.4 Å². The average molecular weight is 125 g/mol.